The fraction of sp³-hybridized carbons (Fsp3) is 0.250. The normalized spacial score (nSPS) is 12.4. The van der Waals surface area contributed by atoms with Gasteiger partial charge in [0.2, 0.25) is 0 Å². The first-order chi connectivity index (χ1) is 8.65. The van der Waals surface area contributed by atoms with Crippen LogP contribution in [0.5, 0.6) is 5.75 Å². The molecule has 0 aliphatic carbocycles. The standard InChI is InChI=1S/C12H13FN2O2S/c1-17-11-3-2-7(13)4-8(11)12-15-9(6-18-12)10(16)5-14/h2-4,6,10,16H,5,14H2,1H3. The maximum atomic E-state index is 13.3. The van der Waals surface area contributed by atoms with Gasteiger partial charge < -0.3 is 15.6 Å². The summed E-state index contributed by atoms with van der Waals surface area (Å²) in [4.78, 5) is 4.24. The van der Waals surface area contributed by atoms with E-state index in [-0.39, 0.29) is 12.4 Å². The van der Waals surface area contributed by atoms with E-state index < -0.39 is 6.10 Å². The number of aliphatic hydroxyl groups is 1. The van der Waals surface area contributed by atoms with Crippen LogP contribution < -0.4 is 10.5 Å². The Morgan fingerprint density at radius 3 is 3.00 bits per heavy atom. The van der Waals surface area contributed by atoms with Crippen molar-refractivity contribution in [2.75, 3.05) is 13.7 Å². The molecule has 1 heterocycles. The lowest BCUT2D eigenvalue weighted by Gasteiger charge is -2.06. The van der Waals surface area contributed by atoms with E-state index in [9.17, 15) is 9.50 Å². The van der Waals surface area contributed by atoms with Gasteiger partial charge in [0.1, 0.15) is 22.7 Å². The van der Waals surface area contributed by atoms with Crippen LogP contribution in [0, 0.1) is 5.82 Å². The van der Waals surface area contributed by atoms with Crippen molar-refractivity contribution in [3.63, 3.8) is 0 Å². The predicted molar refractivity (Wildman–Crippen MR) is 68.1 cm³/mol. The molecule has 18 heavy (non-hydrogen) atoms. The third kappa shape index (κ3) is 2.50. The fourth-order valence-electron chi connectivity index (χ4n) is 1.53. The first-order valence-electron chi connectivity index (χ1n) is 5.33. The van der Waals surface area contributed by atoms with Crippen LogP contribution in [0.4, 0.5) is 4.39 Å². The Balaban J connectivity index is 2.42. The van der Waals surface area contributed by atoms with Crippen molar-refractivity contribution >= 4 is 11.3 Å². The van der Waals surface area contributed by atoms with Gasteiger partial charge in [-0.1, -0.05) is 0 Å². The highest BCUT2D eigenvalue weighted by atomic mass is 32.1. The highest BCUT2D eigenvalue weighted by Gasteiger charge is 2.14. The smallest absolute Gasteiger partial charge is 0.129 e. The van der Waals surface area contributed by atoms with Gasteiger partial charge in [-0.25, -0.2) is 9.37 Å². The minimum atomic E-state index is -0.797. The molecule has 96 valence electrons. The van der Waals surface area contributed by atoms with Gasteiger partial charge in [0.15, 0.2) is 0 Å². The summed E-state index contributed by atoms with van der Waals surface area (Å²) in [6.45, 7) is 0.101. The molecule has 1 unspecified atom stereocenters. The first-order valence-corrected chi connectivity index (χ1v) is 6.21. The molecule has 0 radical (unpaired) electrons. The van der Waals surface area contributed by atoms with Crippen LogP contribution in [0.2, 0.25) is 0 Å². The summed E-state index contributed by atoms with van der Waals surface area (Å²) in [5.41, 5.74) is 6.42. The zero-order valence-electron chi connectivity index (χ0n) is 9.76. The lowest BCUT2D eigenvalue weighted by Crippen LogP contribution is -2.11. The van der Waals surface area contributed by atoms with Crippen molar-refractivity contribution in [2.45, 2.75) is 6.10 Å². The van der Waals surface area contributed by atoms with E-state index in [4.69, 9.17) is 10.5 Å². The highest BCUT2D eigenvalue weighted by Crippen LogP contribution is 2.33. The summed E-state index contributed by atoms with van der Waals surface area (Å²) in [6, 6.07) is 4.23. The van der Waals surface area contributed by atoms with E-state index in [1.807, 2.05) is 0 Å². The zero-order chi connectivity index (χ0) is 13.1. The maximum absolute atomic E-state index is 13.3. The Morgan fingerprint density at radius 2 is 2.33 bits per heavy atom. The molecule has 2 rings (SSSR count). The predicted octanol–water partition coefficient (Wildman–Crippen LogP) is 1.95. The van der Waals surface area contributed by atoms with E-state index in [2.05, 4.69) is 4.98 Å². The molecule has 2 aromatic rings. The molecule has 0 saturated carbocycles. The molecule has 0 spiro atoms. The maximum Gasteiger partial charge on any atom is 0.129 e. The molecule has 0 saturated heterocycles. The van der Waals surface area contributed by atoms with Gasteiger partial charge in [0.05, 0.1) is 18.4 Å². The lowest BCUT2D eigenvalue weighted by molar-refractivity contribution is 0.182. The second-order valence-corrected chi connectivity index (χ2v) is 4.53. The Hall–Kier alpha value is -1.50. The van der Waals surface area contributed by atoms with Crippen molar-refractivity contribution in [2.24, 2.45) is 5.73 Å². The minimum Gasteiger partial charge on any atom is -0.496 e. The van der Waals surface area contributed by atoms with Gasteiger partial charge in [-0.05, 0) is 18.2 Å². The Morgan fingerprint density at radius 1 is 1.56 bits per heavy atom. The van der Waals surface area contributed by atoms with E-state index >= 15 is 0 Å². The van der Waals surface area contributed by atoms with Crippen molar-refractivity contribution in [3.8, 4) is 16.3 Å². The molecule has 0 aliphatic heterocycles. The number of nitrogens with two attached hydrogens (primary N) is 1. The Kier molecular flexibility index (Phi) is 3.90. The number of aromatic nitrogens is 1. The van der Waals surface area contributed by atoms with Crippen molar-refractivity contribution in [1.29, 1.82) is 0 Å². The number of halogens is 1. The molecule has 3 N–H and O–H groups in total. The van der Waals surface area contributed by atoms with Gasteiger partial charge in [-0.15, -0.1) is 11.3 Å². The van der Waals surface area contributed by atoms with Gasteiger partial charge >= 0.3 is 0 Å². The zero-order valence-corrected chi connectivity index (χ0v) is 10.6. The topological polar surface area (TPSA) is 68.4 Å². The molecule has 6 heteroatoms. The van der Waals surface area contributed by atoms with Crippen molar-refractivity contribution < 1.29 is 14.2 Å². The number of nitrogens with zero attached hydrogens (tertiary/aromatic N) is 1. The Bertz CT molecular complexity index is 545. The largest absolute Gasteiger partial charge is 0.496 e. The molecule has 1 aromatic carbocycles. The van der Waals surface area contributed by atoms with E-state index in [0.717, 1.165) is 0 Å². The number of aliphatic hydroxyl groups excluding tert-OH is 1. The van der Waals surface area contributed by atoms with Gasteiger partial charge in [-0.2, -0.15) is 0 Å². The van der Waals surface area contributed by atoms with Gasteiger partial charge in [0, 0.05) is 11.9 Å². The molecule has 0 bridgehead atoms. The third-order valence-electron chi connectivity index (χ3n) is 2.48. The van der Waals surface area contributed by atoms with E-state index in [0.29, 0.717) is 22.0 Å². The molecule has 0 amide bonds. The van der Waals surface area contributed by atoms with Crippen molar-refractivity contribution in [3.05, 3.63) is 35.1 Å². The number of ether oxygens (including phenoxy) is 1. The van der Waals surface area contributed by atoms with E-state index in [1.165, 1.54) is 30.6 Å². The van der Waals surface area contributed by atoms with Crippen LogP contribution in [0.25, 0.3) is 10.6 Å². The van der Waals surface area contributed by atoms with E-state index in [1.54, 1.807) is 11.4 Å². The summed E-state index contributed by atoms with van der Waals surface area (Å²) < 4.78 is 18.4. The summed E-state index contributed by atoms with van der Waals surface area (Å²) in [5.74, 6) is 0.182. The number of methoxy groups -OCH3 is 1. The Labute approximate surface area is 108 Å². The average Bonchev–Trinajstić information content (AvgIpc) is 2.87. The number of rotatable bonds is 4. The first kappa shape index (κ1) is 12.9. The summed E-state index contributed by atoms with van der Waals surface area (Å²) in [6.07, 6.45) is -0.797. The fourth-order valence-corrected chi connectivity index (χ4v) is 2.42. The van der Waals surface area contributed by atoms with Crippen LogP contribution in [0.1, 0.15) is 11.8 Å². The summed E-state index contributed by atoms with van der Waals surface area (Å²) in [5, 5.41) is 11.9. The number of thiazole rings is 1. The van der Waals surface area contributed by atoms with Crippen molar-refractivity contribution in [1.82, 2.24) is 4.98 Å². The molecule has 0 aliphatic rings. The highest BCUT2D eigenvalue weighted by molar-refractivity contribution is 7.13. The van der Waals surface area contributed by atoms with Crippen LogP contribution >= 0.6 is 11.3 Å². The molecule has 1 aromatic heterocycles. The number of hydrogen-bond acceptors (Lipinski definition) is 5. The SMILES string of the molecule is COc1ccc(F)cc1-c1nc(C(O)CN)cs1. The van der Waals surface area contributed by atoms with Gasteiger partial charge in [-0.3, -0.25) is 0 Å². The summed E-state index contributed by atoms with van der Waals surface area (Å²) in [7, 11) is 1.51. The lowest BCUT2D eigenvalue weighted by atomic mass is 10.2. The molecular formula is C12H13FN2O2S. The molecule has 1 atom stereocenters. The molecular weight excluding hydrogens is 255 g/mol. The minimum absolute atomic E-state index is 0.101. The monoisotopic (exact) mass is 268 g/mol. The quantitative estimate of drug-likeness (QED) is 0.889. The number of hydrogen-bond donors (Lipinski definition) is 2. The molecule has 4 nitrogen and oxygen atoms in total. The number of benzene rings is 1. The summed E-state index contributed by atoms with van der Waals surface area (Å²) >= 11 is 1.31. The van der Waals surface area contributed by atoms with Crippen LogP contribution in [0.3, 0.4) is 0 Å². The third-order valence-corrected chi connectivity index (χ3v) is 3.37. The molecule has 0 fully saturated rings. The van der Waals surface area contributed by atoms with Crippen LogP contribution in [-0.4, -0.2) is 23.7 Å². The van der Waals surface area contributed by atoms with Gasteiger partial charge in [0.25, 0.3) is 0 Å². The van der Waals surface area contributed by atoms with Crippen LogP contribution in [0.15, 0.2) is 23.6 Å². The second kappa shape index (κ2) is 5.43. The second-order valence-electron chi connectivity index (χ2n) is 3.67. The average molecular weight is 268 g/mol. The van der Waals surface area contributed by atoms with Crippen LogP contribution in [-0.2, 0) is 0 Å².